The van der Waals surface area contributed by atoms with Crippen LogP contribution in [0.3, 0.4) is 0 Å². The molecule has 1 saturated heterocycles. The van der Waals surface area contributed by atoms with E-state index in [1.165, 1.54) is 0 Å². The highest BCUT2D eigenvalue weighted by Crippen LogP contribution is 2.22. The zero-order valence-electron chi connectivity index (χ0n) is 10.5. The zero-order valence-corrected chi connectivity index (χ0v) is 10.5. The third-order valence-corrected chi connectivity index (χ3v) is 3.05. The first-order chi connectivity index (χ1) is 8.31. The third kappa shape index (κ3) is 3.61. The van der Waals surface area contributed by atoms with Gasteiger partial charge >= 0.3 is 12.0 Å². The van der Waals surface area contributed by atoms with E-state index < -0.39 is 30.4 Å². The molecule has 7 heteroatoms. The highest BCUT2D eigenvalue weighted by Gasteiger charge is 2.32. The number of rotatable bonds is 4. The summed E-state index contributed by atoms with van der Waals surface area (Å²) < 4.78 is 0. The topological polar surface area (TPSA) is 113 Å². The SMILES string of the molecule is CC1CC(C)N(C(=O)N[C@H](CC(N)=O)C(=O)O)C1. The molecule has 7 nitrogen and oxygen atoms in total. The minimum Gasteiger partial charge on any atom is -0.480 e. The number of hydrogen-bond donors (Lipinski definition) is 3. The van der Waals surface area contributed by atoms with Crippen LogP contribution in [0, 0.1) is 5.92 Å². The Morgan fingerprint density at radius 3 is 2.44 bits per heavy atom. The van der Waals surface area contributed by atoms with Crippen LogP contribution < -0.4 is 11.1 Å². The lowest BCUT2D eigenvalue weighted by Crippen LogP contribution is -2.50. The fraction of sp³-hybridized carbons (Fsp3) is 0.727. The molecule has 102 valence electrons. The van der Waals surface area contributed by atoms with Gasteiger partial charge in [0.1, 0.15) is 6.04 Å². The molecule has 0 bridgehead atoms. The Balaban J connectivity index is 2.61. The summed E-state index contributed by atoms with van der Waals surface area (Å²) in [6, 6.07) is -1.65. The highest BCUT2D eigenvalue weighted by atomic mass is 16.4. The van der Waals surface area contributed by atoms with E-state index >= 15 is 0 Å². The van der Waals surface area contributed by atoms with Crippen molar-refractivity contribution in [1.29, 1.82) is 0 Å². The van der Waals surface area contributed by atoms with Gasteiger partial charge in [-0.15, -0.1) is 0 Å². The van der Waals surface area contributed by atoms with Crippen LogP contribution in [0.2, 0.25) is 0 Å². The molecule has 0 saturated carbocycles. The molecular formula is C11H19N3O4. The number of carbonyl (C=O) groups excluding carboxylic acids is 2. The number of nitrogens with one attached hydrogen (secondary N) is 1. The number of urea groups is 1. The maximum absolute atomic E-state index is 11.9. The molecule has 0 radical (unpaired) electrons. The van der Waals surface area contributed by atoms with E-state index in [0.29, 0.717) is 12.5 Å². The molecule has 0 aromatic carbocycles. The van der Waals surface area contributed by atoms with Gasteiger partial charge in [-0.1, -0.05) is 6.92 Å². The summed E-state index contributed by atoms with van der Waals surface area (Å²) in [7, 11) is 0. The Hall–Kier alpha value is -1.79. The van der Waals surface area contributed by atoms with Gasteiger partial charge in [-0.3, -0.25) is 4.79 Å². The molecule has 1 rings (SSSR count). The summed E-state index contributed by atoms with van der Waals surface area (Å²) in [6.45, 7) is 4.53. The van der Waals surface area contributed by atoms with E-state index in [1.807, 2.05) is 13.8 Å². The van der Waals surface area contributed by atoms with Gasteiger partial charge < -0.3 is 21.1 Å². The molecule has 1 heterocycles. The molecule has 1 aliphatic heterocycles. The van der Waals surface area contributed by atoms with Crippen molar-refractivity contribution < 1.29 is 19.5 Å². The van der Waals surface area contributed by atoms with Gasteiger partial charge in [0, 0.05) is 12.6 Å². The van der Waals surface area contributed by atoms with Crippen LogP contribution in [0.4, 0.5) is 4.79 Å². The van der Waals surface area contributed by atoms with Gasteiger partial charge in [0.15, 0.2) is 0 Å². The molecule has 1 aliphatic rings. The van der Waals surface area contributed by atoms with Crippen molar-refractivity contribution in [3.8, 4) is 0 Å². The second kappa shape index (κ2) is 5.70. The number of hydrogen-bond acceptors (Lipinski definition) is 3. The fourth-order valence-electron chi connectivity index (χ4n) is 2.22. The molecule has 18 heavy (non-hydrogen) atoms. The second-order valence-corrected chi connectivity index (χ2v) is 4.85. The van der Waals surface area contributed by atoms with Crippen molar-refractivity contribution in [1.82, 2.24) is 10.2 Å². The summed E-state index contributed by atoms with van der Waals surface area (Å²) in [5.74, 6) is -1.63. The van der Waals surface area contributed by atoms with Gasteiger partial charge in [0.05, 0.1) is 6.42 Å². The summed E-state index contributed by atoms with van der Waals surface area (Å²) in [5.41, 5.74) is 4.94. The minimum absolute atomic E-state index is 0.0722. The Bertz CT molecular complexity index is 358. The van der Waals surface area contributed by atoms with Crippen molar-refractivity contribution in [3.05, 3.63) is 0 Å². The quantitative estimate of drug-likeness (QED) is 0.644. The van der Waals surface area contributed by atoms with E-state index in [2.05, 4.69) is 5.32 Å². The first-order valence-corrected chi connectivity index (χ1v) is 5.89. The van der Waals surface area contributed by atoms with Gasteiger partial charge in [0.25, 0.3) is 0 Å². The molecule has 0 spiro atoms. The molecule has 0 aromatic rings. The van der Waals surface area contributed by atoms with E-state index in [1.54, 1.807) is 4.90 Å². The average Bonchev–Trinajstić information content (AvgIpc) is 2.56. The molecular weight excluding hydrogens is 238 g/mol. The van der Waals surface area contributed by atoms with Crippen LogP contribution in [0.25, 0.3) is 0 Å². The Morgan fingerprint density at radius 2 is 2.06 bits per heavy atom. The number of carboxylic acids is 1. The highest BCUT2D eigenvalue weighted by molar-refractivity contribution is 5.87. The lowest BCUT2D eigenvalue weighted by Gasteiger charge is -2.24. The van der Waals surface area contributed by atoms with Crippen molar-refractivity contribution >= 4 is 17.9 Å². The van der Waals surface area contributed by atoms with Gasteiger partial charge in [-0.05, 0) is 19.3 Å². The standard InChI is InChI=1S/C11H19N3O4/c1-6-3-7(2)14(5-6)11(18)13-8(10(16)17)4-9(12)15/h6-8H,3-5H2,1-2H3,(H2,12,15)(H,13,18)(H,16,17)/t6?,7?,8-/m1/s1. The monoisotopic (exact) mass is 257 g/mol. The number of nitrogens with zero attached hydrogens (tertiary/aromatic N) is 1. The van der Waals surface area contributed by atoms with Crippen LogP contribution in [0.5, 0.6) is 0 Å². The summed E-state index contributed by atoms with van der Waals surface area (Å²) in [6.07, 6.45) is 0.486. The first kappa shape index (κ1) is 14.3. The van der Waals surface area contributed by atoms with E-state index in [0.717, 1.165) is 6.42 Å². The molecule has 3 atom stereocenters. The zero-order chi connectivity index (χ0) is 13.9. The molecule has 1 fully saturated rings. The molecule has 4 N–H and O–H groups in total. The van der Waals surface area contributed by atoms with Crippen LogP contribution in [-0.2, 0) is 9.59 Å². The number of carbonyl (C=O) groups is 3. The predicted molar refractivity (Wildman–Crippen MR) is 63.7 cm³/mol. The summed E-state index contributed by atoms with van der Waals surface area (Å²) >= 11 is 0. The van der Waals surface area contributed by atoms with Crippen LogP contribution in [0.1, 0.15) is 26.7 Å². The van der Waals surface area contributed by atoms with Crippen LogP contribution in [0.15, 0.2) is 0 Å². The number of likely N-dealkylation sites (tertiary alicyclic amines) is 1. The van der Waals surface area contributed by atoms with E-state index in [-0.39, 0.29) is 6.04 Å². The van der Waals surface area contributed by atoms with E-state index in [9.17, 15) is 14.4 Å². The van der Waals surface area contributed by atoms with Crippen molar-refractivity contribution in [2.24, 2.45) is 11.7 Å². The van der Waals surface area contributed by atoms with E-state index in [4.69, 9.17) is 10.8 Å². The Kier molecular flexibility index (Phi) is 4.52. The number of primary amides is 1. The maximum atomic E-state index is 11.9. The smallest absolute Gasteiger partial charge is 0.326 e. The number of amides is 3. The summed E-state index contributed by atoms with van der Waals surface area (Å²) in [5, 5.41) is 11.2. The predicted octanol–water partition coefficient (Wildman–Crippen LogP) is -0.245. The minimum atomic E-state index is -1.27. The average molecular weight is 257 g/mol. The Labute approximate surface area is 105 Å². The lowest BCUT2D eigenvalue weighted by atomic mass is 10.1. The maximum Gasteiger partial charge on any atom is 0.326 e. The van der Waals surface area contributed by atoms with Crippen molar-refractivity contribution in [2.45, 2.75) is 38.8 Å². The number of aliphatic carboxylic acids is 1. The van der Waals surface area contributed by atoms with Gasteiger partial charge in [-0.2, -0.15) is 0 Å². The Morgan fingerprint density at radius 1 is 1.44 bits per heavy atom. The number of carboxylic acid groups (broad SMARTS) is 1. The van der Waals surface area contributed by atoms with Crippen LogP contribution in [-0.4, -0.2) is 46.5 Å². The second-order valence-electron chi connectivity index (χ2n) is 4.85. The van der Waals surface area contributed by atoms with Crippen LogP contribution >= 0.6 is 0 Å². The third-order valence-electron chi connectivity index (χ3n) is 3.05. The largest absolute Gasteiger partial charge is 0.480 e. The van der Waals surface area contributed by atoms with Gasteiger partial charge in [0.2, 0.25) is 5.91 Å². The first-order valence-electron chi connectivity index (χ1n) is 5.89. The van der Waals surface area contributed by atoms with Crippen molar-refractivity contribution in [3.63, 3.8) is 0 Å². The molecule has 0 aromatic heterocycles. The number of nitrogens with two attached hydrogens (primary N) is 1. The molecule has 2 unspecified atom stereocenters. The summed E-state index contributed by atoms with van der Waals surface area (Å²) in [4.78, 5) is 35.1. The normalized spacial score (nSPS) is 24.7. The molecule has 0 aliphatic carbocycles. The fourth-order valence-corrected chi connectivity index (χ4v) is 2.22. The van der Waals surface area contributed by atoms with Crippen molar-refractivity contribution in [2.75, 3.05) is 6.54 Å². The lowest BCUT2D eigenvalue weighted by molar-refractivity contribution is -0.141. The molecule has 3 amide bonds. The van der Waals surface area contributed by atoms with Gasteiger partial charge in [-0.25, -0.2) is 9.59 Å².